The monoisotopic (exact) mass is 307 g/mol. The maximum atomic E-state index is 5.92. The van der Waals surface area contributed by atoms with E-state index in [1.165, 1.54) is 11.3 Å². The molecule has 0 amide bonds. The van der Waals surface area contributed by atoms with Crippen molar-refractivity contribution in [3.63, 3.8) is 0 Å². The van der Waals surface area contributed by atoms with Gasteiger partial charge in [-0.05, 0) is 38.2 Å². The zero-order valence-electron chi connectivity index (χ0n) is 13.4. The van der Waals surface area contributed by atoms with Crippen molar-refractivity contribution >= 4 is 27.5 Å². The first-order chi connectivity index (χ1) is 10.1. The van der Waals surface area contributed by atoms with Crippen LogP contribution in [0.15, 0.2) is 6.07 Å². The number of hydrogen-bond acceptors (Lipinski definition) is 5. The molecule has 0 fully saturated rings. The van der Waals surface area contributed by atoms with Gasteiger partial charge in [0, 0.05) is 11.4 Å². The van der Waals surface area contributed by atoms with Crippen LogP contribution in [0.25, 0.3) is 10.2 Å². The van der Waals surface area contributed by atoms with Crippen molar-refractivity contribution < 1.29 is 4.74 Å². The average molecular weight is 307 g/mol. The summed E-state index contributed by atoms with van der Waals surface area (Å²) in [5, 5.41) is 4.28. The summed E-state index contributed by atoms with van der Waals surface area (Å²) >= 11 is 1.69. The number of fused-ring (bicyclic) bond motifs is 1. The molecule has 0 aliphatic rings. The fraction of sp³-hybridized carbons (Fsp3) is 0.625. The minimum atomic E-state index is 0.671. The van der Waals surface area contributed by atoms with Gasteiger partial charge in [0.25, 0.3) is 0 Å². The Hall–Kier alpha value is -1.36. The predicted octanol–water partition coefficient (Wildman–Crippen LogP) is 4.64. The minimum absolute atomic E-state index is 0.671. The van der Waals surface area contributed by atoms with Gasteiger partial charge in [0.05, 0.1) is 12.0 Å². The van der Waals surface area contributed by atoms with Crippen LogP contribution in [0.5, 0.6) is 5.88 Å². The highest BCUT2D eigenvalue weighted by Gasteiger charge is 2.11. The van der Waals surface area contributed by atoms with Gasteiger partial charge < -0.3 is 10.1 Å². The van der Waals surface area contributed by atoms with Gasteiger partial charge in [-0.2, -0.15) is 4.98 Å². The van der Waals surface area contributed by atoms with E-state index in [9.17, 15) is 0 Å². The molecule has 0 aliphatic heterocycles. The number of nitrogens with one attached hydrogen (secondary N) is 1. The van der Waals surface area contributed by atoms with Crippen LogP contribution < -0.4 is 10.1 Å². The van der Waals surface area contributed by atoms with E-state index in [1.807, 2.05) is 0 Å². The number of hydrogen-bond donors (Lipinski definition) is 1. The highest BCUT2D eigenvalue weighted by Crippen LogP contribution is 2.31. The highest BCUT2D eigenvalue weighted by molar-refractivity contribution is 7.18. The molecule has 4 nitrogen and oxygen atoms in total. The van der Waals surface area contributed by atoms with Crippen LogP contribution in [0.2, 0.25) is 0 Å². The maximum Gasteiger partial charge on any atom is 0.227 e. The summed E-state index contributed by atoms with van der Waals surface area (Å²) in [4.78, 5) is 11.3. The number of aryl methyl sites for hydroxylation is 1. The van der Waals surface area contributed by atoms with Crippen molar-refractivity contribution in [1.29, 1.82) is 0 Å². The fourth-order valence-electron chi connectivity index (χ4n) is 2.10. The van der Waals surface area contributed by atoms with E-state index < -0.39 is 0 Å². The van der Waals surface area contributed by atoms with Gasteiger partial charge >= 0.3 is 0 Å². The van der Waals surface area contributed by atoms with E-state index in [1.54, 1.807) is 11.3 Å². The molecule has 0 spiro atoms. The molecule has 0 aliphatic carbocycles. The Morgan fingerprint density at radius 3 is 2.86 bits per heavy atom. The normalized spacial score (nSPS) is 11.3. The van der Waals surface area contributed by atoms with Crippen LogP contribution in [0.1, 0.15) is 44.9 Å². The summed E-state index contributed by atoms with van der Waals surface area (Å²) in [5.41, 5.74) is 0. The van der Waals surface area contributed by atoms with Crippen molar-refractivity contribution in [1.82, 2.24) is 9.97 Å². The molecule has 0 bridgehead atoms. The topological polar surface area (TPSA) is 47.0 Å². The van der Waals surface area contributed by atoms with Gasteiger partial charge in [-0.25, -0.2) is 4.98 Å². The summed E-state index contributed by atoms with van der Waals surface area (Å²) in [6.07, 6.45) is 3.29. The Morgan fingerprint density at radius 2 is 2.14 bits per heavy atom. The summed E-state index contributed by atoms with van der Waals surface area (Å²) < 4.78 is 5.92. The predicted molar refractivity (Wildman–Crippen MR) is 90.5 cm³/mol. The smallest absolute Gasteiger partial charge is 0.227 e. The van der Waals surface area contributed by atoms with E-state index in [-0.39, 0.29) is 0 Å². The van der Waals surface area contributed by atoms with Gasteiger partial charge in [-0.3, -0.25) is 0 Å². The number of aromatic nitrogens is 2. The van der Waals surface area contributed by atoms with Crippen LogP contribution in [0, 0.1) is 12.8 Å². The molecule has 0 unspecified atom stereocenters. The second kappa shape index (κ2) is 7.59. The van der Waals surface area contributed by atoms with Crippen LogP contribution >= 0.6 is 11.3 Å². The largest absolute Gasteiger partial charge is 0.477 e. The summed E-state index contributed by atoms with van der Waals surface area (Å²) in [5.74, 6) is 2.10. The van der Waals surface area contributed by atoms with Gasteiger partial charge in [0.2, 0.25) is 11.8 Å². The first-order valence-electron chi connectivity index (χ1n) is 7.75. The van der Waals surface area contributed by atoms with Gasteiger partial charge in [-0.15, -0.1) is 11.3 Å². The zero-order chi connectivity index (χ0) is 15.2. The van der Waals surface area contributed by atoms with Crippen LogP contribution in [-0.4, -0.2) is 23.1 Å². The molecule has 21 heavy (non-hydrogen) atoms. The lowest BCUT2D eigenvalue weighted by Gasteiger charge is -2.10. The molecule has 0 aromatic carbocycles. The van der Waals surface area contributed by atoms with E-state index in [4.69, 9.17) is 4.74 Å². The lowest BCUT2D eigenvalue weighted by Crippen LogP contribution is -2.07. The molecule has 2 aromatic heterocycles. The molecule has 0 saturated heterocycles. The zero-order valence-corrected chi connectivity index (χ0v) is 14.2. The summed E-state index contributed by atoms with van der Waals surface area (Å²) in [7, 11) is 0. The molecule has 1 N–H and O–H groups in total. The van der Waals surface area contributed by atoms with Crippen molar-refractivity contribution in [3.05, 3.63) is 10.9 Å². The molecule has 116 valence electrons. The van der Waals surface area contributed by atoms with E-state index >= 15 is 0 Å². The third kappa shape index (κ3) is 4.56. The van der Waals surface area contributed by atoms with E-state index in [0.717, 1.165) is 29.6 Å². The molecule has 5 heteroatoms. The van der Waals surface area contributed by atoms with E-state index in [2.05, 4.69) is 49.0 Å². The molecule has 2 heterocycles. The fourth-order valence-corrected chi connectivity index (χ4v) is 2.97. The number of anilines is 1. The van der Waals surface area contributed by atoms with Crippen LogP contribution in [0.4, 0.5) is 5.95 Å². The Morgan fingerprint density at radius 1 is 1.33 bits per heavy atom. The van der Waals surface area contributed by atoms with Crippen LogP contribution in [-0.2, 0) is 0 Å². The molecule has 2 aromatic rings. The molecule has 0 atom stereocenters. The van der Waals surface area contributed by atoms with Crippen LogP contribution in [0.3, 0.4) is 0 Å². The van der Waals surface area contributed by atoms with Gasteiger partial charge in [0.1, 0.15) is 4.83 Å². The second-order valence-electron chi connectivity index (χ2n) is 5.74. The highest BCUT2D eigenvalue weighted by atomic mass is 32.1. The van der Waals surface area contributed by atoms with Gasteiger partial charge in [-0.1, -0.05) is 20.8 Å². The lowest BCUT2D eigenvalue weighted by atomic mass is 10.1. The number of ether oxygens (including phenoxy) is 1. The third-order valence-corrected chi connectivity index (χ3v) is 4.12. The molecule has 0 saturated carbocycles. The Bertz CT molecular complexity index is 580. The molecule has 0 radical (unpaired) electrons. The first kappa shape index (κ1) is 16.0. The van der Waals surface area contributed by atoms with Crippen molar-refractivity contribution in [2.24, 2.45) is 5.92 Å². The molecular formula is C16H25N3OS. The summed E-state index contributed by atoms with van der Waals surface area (Å²) in [6.45, 7) is 10.3. The number of rotatable bonds is 8. The average Bonchev–Trinajstić information content (AvgIpc) is 2.81. The molecular weight excluding hydrogens is 282 g/mol. The van der Waals surface area contributed by atoms with Gasteiger partial charge in [0.15, 0.2) is 0 Å². The number of thiophene rings is 1. The standard InChI is InChI=1S/C16H25N3OS/c1-5-8-17-16-18-14(20-9-6-7-11(2)3)13-10-12(4)21-15(13)19-16/h10-11H,5-9H2,1-4H3,(H,17,18,19). The van der Waals surface area contributed by atoms with E-state index in [0.29, 0.717) is 24.4 Å². The lowest BCUT2D eigenvalue weighted by molar-refractivity contribution is 0.291. The minimum Gasteiger partial charge on any atom is -0.477 e. The maximum absolute atomic E-state index is 5.92. The third-order valence-electron chi connectivity index (χ3n) is 3.18. The summed E-state index contributed by atoms with van der Waals surface area (Å²) in [6, 6.07) is 2.11. The number of nitrogens with zero attached hydrogens (tertiary/aromatic N) is 2. The van der Waals surface area contributed by atoms with Crippen molar-refractivity contribution in [3.8, 4) is 5.88 Å². The quantitative estimate of drug-likeness (QED) is 0.722. The SMILES string of the molecule is CCCNc1nc(OCCCC(C)C)c2cc(C)sc2n1. The Labute approximate surface area is 131 Å². The van der Waals surface area contributed by atoms with Crippen molar-refractivity contribution in [2.75, 3.05) is 18.5 Å². The first-order valence-corrected chi connectivity index (χ1v) is 8.56. The second-order valence-corrected chi connectivity index (χ2v) is 6.97. The molecule has 2 rings (SSSR count). The van der Waals surface area contributed by atoms with Crippen molar-refractivity contribution in [2.45, 2.75) is 47.0 Å². The Kier molecular flexibility index (Phi) is 5.79. The Balaban J connectivity index is 2.14.